The third kappa shape index (κ3) is 3.34. The molecule has 0 bridgehead atoms. The van der Waals surface area contributed by atoms with Crippen molar-refractivity contribution in [3.8, 4) is 0 Å². The van der Waals surface area contributed by atoms with Gasteiger partial charge in [0, 0.05) is 11.6 Å². The zero-order valence-electron chi connectivity index (χ0n) is 9.94. The van der Waals surface area contributed by atoms with Crippen molar-refractivity contribution in [2.24, 2.45) is 0 Å². The molecule has 1 amide bonds. The number of hydrogen-bond acceptors (Lipinski definition) is 3. The lowest BCUT2D eigenvalue weighted by molar-refractivity contribution is 0.0918. The summed E-state index contributed by atoms with van der Waals surface area (Å²) in [6.45, 7) is 2.28. The van der Waals surface area contributed by atoms with Gasteiger partial charge in [-0.1, -0.05) is 23.7 Å². The second kappa shape index (κ2) is 5.69. The monoisotopic (exact) mass is 264 g/mol. The molecular formula is C13H13ClN2O2. The zero-order chi connectivity index (χ0) is 13.0. The fourth-order valence-electron chi connectivity index (χ4n) is 1.51. The van der Waals surface area contributed by atoms with E-state index in [-0.39, 0.29) is 11.8 Å². The lowest BCUT2D eigenvalue weighted by Crippen LogP contribution is -2.25. The van der Waals surface area contributed by atoms with Crippen LogP contribution in [0.3, 0.4) is 0 Å². The van der Waals surface area contributed by atoms with E-state index < -0.39 is 0 Å². The minimum absolute atomic E-state index is 0.101. The Morgan fingerprint density at radius 2 is 2.11 bits per heavy atom. The van der Waals surface area contributed by atoms with Crippen LogP contribution in [0.4, 0.5) is 0 Å². The Morgan fingerprint density at radius 1 is 1.39 bits per heavy atom. The van der Waals surface area contributed by atoms with Gasteiger partial charge in [0.1, 0.15) is 5.76 Å². The molecule has 0 unspecified atom stereocenters. The summed E-state index contributed by atoms with van der Waals surface area (Å²) in [5.74, 6) is 0.429. The second-order valence-electron chi connectivity index (χ2n) is 3.91. The van der Waals surface area contributed by atoms with Crippen molar-refractivity contribution in [1.29, 1.82) is 0 Å². The SMILES string of the molecule is Cc1cnc(C(=O)NCCc2ccc(Cl)cc2)o1. The number of aromatic nitrogens is 1. The van der Waals surface area contributed by atoms with E-state index in [9.17, 15) is 4.79 Å². The number of hydrogen-bond donors (Lipinski definition) is 1. The summed E-state index contributed by atoms with van der Waals surface area (Å²) in [5, 5.41) is 3.45. The maximum atomic E-state index is 11.6. The maximum Gasteiger partial charge on any atom is 0.307 e. The number of amides is 1. The standard InChI is InChI=1S/C13H13ClN2O2/c1-9-8-16-13(18-9)12(17)15-7-6-10-2-4-11(14)5-3-10/h2-5,8H,6-7H2,1H3,(H,15,17). The molecule has 0 spiro atoms. The van der Waals surface area contributed by atoms with Crippen molar-refractivity contribution in [2.75, 3.05) is 6.54 Å². The molecule has 5 heteroatoms. The number of nitrogens with zero attached hydrogens (tertiary/aromatic N) is 1. The molecule has 0 aliphatic heterocycles. The van der Waals surface area contributed by atoms with Crippen molar-refractivity contribution < 1.29 is 9.21 Å². The molecule has 94 valence electrons. The minimum Gasteiger partial charge on any atom is -0.438 e. The fourth-order valence-corrected chi connectivity index (χ4v) is 1.63. The first-order chi connectivity index (χ1) is 8.65. The molecule has 0 aliphatic rings. The first-order valence-corrected chi connectivity index (χ1v) is 5.98. The molecule has 2 aromatic rings. The lowest BCUT2D eigenvalue weighted by atomic mass is 10.1. The average Bonchev–Trinajstić information content (AvgIpc) is 2.78. The number of rotatable bonds is 4. The molecule has 18 heavy (non-hydrogen) atoms. The van der Waals surface area contributed by atoms with Gasteiger partial charge in [-0.3, -0.25) is 4.79 Å². The van der Waals surface area contributed by atoms with Crippen molar-refractivity contribution >= 4 is 17.5 Å². The molecule has 1 aromatic heterocycles. The number of oxazole rings is 1. The van der Waals surface area contributed by atoms with Crippen LogP contribution in [0.25, 0.3) is 0 Å². The molecule has 0 saturated heterocycles. The Bertz CT molecular complexity index is 534. The van der Waals surface area contributed by atoms with Gasteiger partial charge in [0.05, 0.1) is 6.20 Å². The average molecular weight is 265 g/mol. The van der Waals surface area contributed by atoms with E-state index in [1.807, 2.05) is 24.3 Å². The molecule has 2 rings (SSSR count). The van der Waals surface area contributed by atoms with E-state index >= 15 is 0 Å². The van der Waals surface area contributed by atoms with Gasteiger partial charge in [0.15, 0.2) is 0 Å². The molecular weight excluding hydrogens is 252 g/mol. The number of benzene rings is 1. The van der Waals surface area contributed by atoms with Gasteiger partial charge in [-0.2, -0.15) is 0 Å². The van der Waals surface area contributed by atoms with Crippen molar-refractivity contribution in [1.82, 2.24) is 10.3 Å². The fraction of sp³-hybridized carbons (Fsp3) is 0.231. The van der Waals surface area contributed by atoms with Gasteiger partial charge in [0.25, 0.3) is 5.89 Å². The number of halogens is 1. The van der Waals surface area contributed by atoms with Crippen molar-refractivity contribution in [2.45, 2.75) is 13.3 Å². The minimum atomic E-state index is -0.294. The highest BCUT2D eigenvalue weighted by Crippen LogP contribution is 2.09. The van der Waals surface area contributed by atoms with Gasteiger partial charge < -0.3 is 9.73 Å². The van der Waals surface area contributed by atoms with Gasteiger partial charge in [0.2, 0.25) is 0 Å². The van der Waals surface area contributed by atoms with E-state index in [1.165, 1.54) is 6.20 Å². The first kappa shape index (κ1) is 12.6. The largest absolute Gasteiger partial charge is 0.438 e. The molecule has 0 atom stereocenters. The Labute approximate surface area is 110 Å². The predicted octanol–water partition coefficient (Wildman–Crippen LogP) is 2.61. The Hall–Kier alpha value is -1.81. The quantitative estimate of drug-likeness (QED) is 0.924. The van der Waals surface area contributed by atoms with Crippen LogP contribution < -0.4 is 5.32 Å². The summed E-state index contributed by atoms with van der Waals surface area (Å²) in [4.78, 5) is 15.5. The third-order valence-electron chi connectivity index (χ3n) is 2.43. The van der Waals surface area contributed by atoms with Gasteiger partial charge >= 0.3 is 5.91 Å². The van der Waals surface area contributed by atoms with E-state index in [2.05, 4.69) is 10.3 Å². The van der Waals surface area contributed by atoms with Crippen LogP contribution in [-0.2, 0) is 6.42 Å². The van der Waals surface area contributed by atoms with Crippen LogP contribution >= 0.6 is 11.6 Å². The summed E-state index contributed by atoms with van der Waals surface area (Å²) in [6, 6.07) is 7.53. The third-order valence-corrected chi connectivity index (χ3v) is 2.68. The number of nitrogens with one attached hydrogen (secondary N) is 1. The van der Waals surface area contributed by atoms with E-state index in [0.29, 0.717) is 17.3 Å². The van der Waals surface area contributed by atoms with Crippen LogP contribution in [0.1, 0.15) is 22.0 Å². The zero-order valence-corrected chi connectivity index (χ0v) is 10.7. The van der Waals surface area contributed by atoms with Crippen molar-refractivity contribution in [3.63, 3.8) is 0 Å². The van der Waals surface area contributed by atoms with E-state index in [0.717, 1.165) is 12.0 Å². The lowest BCUT2D eigenvalue weighted by Gasteiger charge is -2.03. The molecule has 1 N–H and O–H groups in total. The summed E-state index contributed by atoms with van der Waals surface area (Å²) >= 11 is 5.79. The second-order valence-corrected chi connectivity index (χ2v) is 4.34. The highest BCUT2D eigenvalue weighted by molar-refractivity contribution is 6.30. The van der Waals surface area contributed by atoms with Crippen LogP contribution in [0.2, 0.25) is 5.02 Å². The molecule has 0 saturated carbocycles. The predicted molar refractivity (Wildman–Crippen MR) is 68.7 cm³/mol. The molecule has 4 nitrogen and oxygen atoms in total. The van der Waals surface area contributed by atoms with E-state index in [1.54, 1.807) is 6.92 Å². The Balaban J connectivity index is 1.82. The van der Waals surface area contributed by atoms with E-state index in [4.69, 9.17) is 16.0 Å². The highest BCUT2D eigenvalue weighted by Gasteiger charge is 2.10. The van der Waals surface area contributed by atoms with Gasteiger partial charge in [-0.05, 0) is 31.0 Å². The Kier molecular flexibility index (Phi) is 3.99. The van der Waals surface area contributed by atoms with Crippen LogP contribution in [0, 0.1) is 6.92 Å². The number of carbonyl (C=O) groups is 1. The summed E-state index contributed by atoms with van der Waals surface area (Å²) in [6.07, 6.45) is 2.26. The first-order valence-electron chi connectivity index (χ1n) is 5.60. The molecule has 0 fully saturated rings. The molecule has 0 aliphatic carbocycles. The topological polar surface area (TPSA) is 55.1 Å². The Morgan fingerprint density at radius 3 is 2.72 bits per heavy atom. The summed E-state index contributed by atoms with van der Waals surface area (Å²) < 4.78 is 5.12. The maximum absolute atomic E-state index is 11.6. The highest BCUT2D eigenvalue weighted by atomic mass is 35.5. The smallest absolute Gasteiger partial charge is 0.307 e. The van der Waals surface area contributed by atoms with Crippen molar-refractivity contribution in [3.05, 3.63) is 52.7 Å². The van der Waals surface area contributed by atoms with Gasteiger partial charge in [-0.15, -0.1) is 0 Å². The molecule has 1 heterocycles. The number of aryl methyl sites for hydroxylation is 1. The summed E-state index contributed by atoms with van der Waals surface area (Å²) in [5.41, 5.74) is 1.11. The van der Waals surface area contributed by atoms with Crippen LogP contribution in [0.15, 0.2) is 34.9 Å². The molecule has 1 aromatic carbocycles. The molecule has 0 radical (unpaired) electrons. The van der Waals surface area contributed by atoms with Crippen LogP contribution in [0.5, 0.6) is 0 Å². The normalized spacial score (nSPS) is 10.3. The van der Waals surface area contributed by atoms with Crippen LogP contribution in [-0.4, -0.2) is 17.4 Å². The van der Waals surface area contributed by atoms with Gasteiger partial charge in [-0.25, -0.2) is 4.98 Å². The number of carbonyl (C=O) groups excluding carboxylic acids is 1. The summed E-state index contributed by atoms with van der Waals surface area (Å²) in [7, 11) is 0.